The Balaban J connectivity index is 2.40. The lowest BCUT2D eigenvalue weighted by atomic mass is 10.1. The molecule has 0 aliphatic carbocycles. The van der Waals surface area contributed by atoms with Gasteiger partial charge in [-0.2, -0.15) is 0 Å². The molecule has 19 heavy (non-hydrogen) atoms. The van der Waals surface area contributed by atoms with Gasteiger partial charge in [0, 0.05) is 0 Å². The lowest BCUT2D eigenvalue weighted by Crippen LogP contribution is -1.99. The van der Waals surface area contributed by atoms with Gasteiger partial charge in [0.1, 0.15) is 5.75 Å². The number of para-hydroxylation sites is 1. The molecule has 0 atom stereocenters. The summed E-state index contributed by atoms with van der Waals surface area (Å²) in [7, 11) is 0. The summed E-state index contributed by atoms with van der Waals surface area (Å²) >= 11 is 0. The molecular weight excluding hydrogens is 243 g/mol. The largest absolute Gasteiger partial charge is 0.454 e. The fourth-order valence-corrected chi connectivity index (χ4v) is 1.84. The average Bonchev–Trinajstić information content (AvgIpc) is 2.41. The van der Waals surface area contributed by atoms with Gasteiger partial charge < -0.3 is 4.74 Å². The van der Waals surface area contributed by atoms with Crippen LogP contribution in [0.1, 0.15) is 29.8 Å². The molecule has 0 saturated carbocycles. The predicted molar refractivity (Wildman–Crippen MR) is 72.3 cm³/mol. The third-order valence-electron chi connectivity index (χ3n) is 2.87. The Labute approximate surface area is 111 Å². The first-order chi connectivity index (χ1) is 9.11. The lowest BCUT2D eigenvalue weighted by Gasteiger charge is -2.11. The van der Waals surface area contributed by atoms with Crippen LogP contribution in [0, 0.1) is 5.82 Å². The van der Waals surface area contributed by atoms with E-state index in [0.717, 1.165) is 12.0 Å². The maximum atomic E-state index is 13.8. The molecule has 0 saturated heterocycles. The number of halogens is 1. The van der Waals surface area contributed by atoms with Gasteiger partial charge >= 0.3 is 0 Å². The van der Waals surface area contributed by atoms with Crippen molar-refractivity contribution in [3.05, 3.63) is 59.4 Å². The molecule has 0 aliphatic rings. The molecule has 0 aromatic heterocycles. The van der Waals surface area contributed by atoms with Gasteiger partial charge in [0.25, 0.3) is 0 Å². The van der Waals surface area contributed by atoms with E-state index in [1.165, 1.54) is 19.1 Å². The predicted octanol–water partition coefficient (Wildman–Crippen LogP) is 4.38. The molecule has 2 aromatic carbocycles. The van der Waals surface area contributed by atoms with Crippen molar-refractivity contribution in [2.24, 2.45) is 0 Å². The van der Waals surface area contributed by atoms with Crippen molar-refractivity contribution >= 4 is 5.78 Å². The molecule has 0 heterocycles. The summed E-state index contributed by atoms with van der Waals surface area (Å²) in [4.78, 5) is 11.5. The Hall–Kier alpha value is -2.16. The van der Waals surface area contributed by atoms with Crippen molar-refractivity contribution in [3.63, 3.8) is 0 Å². The molecule has 2 aromatic rings. The van der Waals surface area contributed by atoms with E-state index in [4.69, 9.17) is 4.74 Å². The minimum atomic E-state index is -0.533. The van der Waals surface area contributed by atoms with E-state index in [1.54, 1.807) is 12.1 Å². The number of hydrogen-bond donors (Lipinski definition) is 0. The van der Waals surface area contributed by atoms with E-state index in [1.807, 2.05) is 25.1 Å². The maximum absolute atomic E-state index is 13.8. The maximum Gasteiger partial charge on any atom is 0.173 e. The first-order valence-corrected chi connectivity index (χ1v) is 6.18. The summed E-state index contributed by atoms with van der Waals surface area (Å²) in [5.41, 5.74) is 1.35. The topological polar surface area (TPSA) is 26.3 Å². The van der Waals surface area contributed by atoms with Gasteiger partial charge in [-0.25, -0.2) is 4.39 Å². The van der Waals surface area contributed by atoms with Crippen LogP contribution in [0.3, 0.4) is 0 Å². The first kappa shape index (κ1) is 13.3. The van der Waals surface area contributed by atoms with Crippen molar-refractivity contribution in [3.8, 4) is 11.5 Å². The molecule has 0 bridgehead atoms. The fourth-order valence-electron chi connectivity index (χ4n) is 1.84. The molecule has 3 heteroatoms. The summed E-state index contributed by atoms with van der Waals surface area (Å²) in [5, 5.41) is 0. The molecule has 0 radical (unpaired) electrons. The molecule has 0 spiro atoms. The molecule has 0 unspecified atom stereocenters. The fraction of sp³-hybridized carbons (Fsp3) is 0.188. The smallest absolute Gasteiger partial charge is 0.173 e. The van der Waals surface area contributed by atoms with Gasteiger partial charge in [-0.05, 0) is 43.2 Å². The van der Waals surface area contributed by atoms with Gasteiger partial charge in [-0.1, -0.05) is 25.1 Å². The minimum absolute atomic E-state index is 0.0109. The highest BCUT2D eigenvalue weighted by atomic mass is 19.1. The zero-order valence-electron chi connectivity index (χ0n) is 10.9. The number of Topliss-reactive ketones (excluding diaryl/α,β-unsaturated/α-hetero) is 1. The third-order valence-corrected chi connectivity index (χ3v) is 2.87. The number of hydrogen-bond acceptors (Lipinski definition) is 2. The molecule has 0 aliphatic heterocycles. The van der Waals surface area contributed by atoms with Crippen molar-refractivity contribution < 1.29 is 13.9 Å². The number of benzene rings is 2. The molecule has 0 N–H and O–H groups in total. The minimum Gasteiger partial charge on any atom is -0.454 e. The molecule has 2 rings (SSSR count). The first-order valence-electron chi connectivity index (χ1n) is 6.18. The van der Waals surface area contributed by atoms with Gasteiger partial charge in [-0.15, -0.1) is 0 Å². The highest BCUT2D eigenvalue weighted by molar-refractivity contribution is 5.96. The van der Waals surface area contributed by atoms with Crippen molar-refractivity contribution in [2.45, 2.75) is 20.3 Å². The Morgan fingerprint density at radius 3 is 2.63 bits per heavy atom. The van der Waals surface area contributed by atoms with Gasteiger partial charge in [0.05, 0.1) is 5.56 Å². The second kappa shape index (κ2) is 5.65. The zero-order valence-corrected chi connectivity index (χ0v) is 10.9. The van der Waals surface area contributed by atoms with Gasteiger partial charge in [-0.3, -0.25) is 4.79 Å². The second-order valence-electron chi connectivity index (χ2n) is 4.28. The Kier molecular flexibility index (Phi) is 3.95. The van der Waals surface area contributed by atoms with Crippen LogP contribution >= 0.6 is 0 Å². The summed E-state index contributed by atoms with van der Waals surface area (Å²) in [6, 6.07) is 11.8. The number of aryl methyl sites for hydroxylation is 1. The van der Waals surface area contributed by atoms with E-state index < -0.39 is 5.82 Å². The molecule has 2 nitrogen and oxygen atoms in total. The monoisotopic (exact) mass is 258 g/mol. The van der Waals surface area contributed by atoms with Crippen LogP contribution < -0.4 is 4.74 Å². The van der Waals surface area contributed by atoms with Crippen molar-refractivity contribution in [1.82, 2.24) is 0 Å². The number of rotatable bonds is 4. The van der Waals surface area contributed by atoms with Crippen LogP contribution in [0.2, 0.25) is 0 Å². The molecular formula is C16H15FO2. The van der Waals surface area contributed by atoms with Crippen LogP contribution in [0.15, 0.2) is 42.5 Å². The van der Waals surface area contributed by atoms with E-state index in [0.29, 0.717) is 5.75 Å². The van der Waals surface area contributed by atoms with E-state index >= 15 is 0 Å². The highest BCUT2D eigenvalue weighted by Crippen LogP contribution is 2.29. The van der Waals surface area contributed by atoms with Gasteiger partial charge in [0.2, 0.25) is 0 Å². The Morgan fingerprint density at radius 1 is 1.21 bits per heavy atom. The lowest BCUT2D eigenvalue weighted by molar-refractivity contribution is 0.101. The Morgan fingerprint density at radius 2 is 1.95 bits per heavy atom. The summed E-state index contributed by atoms with van der Waals surface area (Å²) < 4.78 is 19.3. The van der Waals surface area contributed by atoms with Crippen molar-refractivity contribution in [2.75, 3.05) is 0 Å². The zero-order chi connectivity index (χ0) is 13.8. The van der Waals surface area contributed by atoms with E-state index in [2.05, 4.69) is 0 Å². The van der Waals surface area contributed by atoms with Crippen LogP contribution in [0.25, 0.3) is 0 Å². The van der Waals surface area contributed by atoms with Crippen molar-refractivity contribution in [1.29, 1.82) is 0 Å². The van der Waals surface area contributed by atoms with Crippen LogP contribution in [0.5, 0.6) is 11.5 Å². The number of carbonyl (C=O) groups excluding carboxylic acids is 1. The summed E-state index contributed by atoms with van der Waals surface area (Å²) in [6.45, 7) is 3.42. The number of ether oxygens (including phenoxy) is 1. The van der Waals surface area contributed by atoms with Crippen LogP contribution in [-0.4, -0.2) is 5.78 Å². The molecule has 98 valence electrons. The van der Waals surface area contributed by atoms with Crippen LogP contribution in [-0.2, 0) is 6.42 Å². The molecule has 0 amide bonds. The third kappa shape index (κ3) is 2.99. The van der Waals surface area contributed by atoms with Gasteiger partial charge in [0.15, 0.2) is 17.3 Å². The SMILES string of the molecule is CCc1cccc(Oc2c(F)cccc2C(C)=O)c1. The van der Waals surface area contributed by atoms with Crippen LogP contribution in [0.4, 0.5) is 4.39 Å². The number of carbonyl (C=O) groups is 1. The summed E-state index contributed by atoms with van der Waals surface area (Å²) in [6.07, 6.45) is 0.869. The highest BCUT2D eigenvalue weighted by Gasteiger charge is 2.14. The molecule has 0 fully saturated rings. The summed E-state index contributed by atoms with van der Waals surface area (Å²) in [5.74, 6) is -0.231. The normalized spacial score (nSPS) is 10.3. The van der Waals surface area contributed by atoms with E-state index in [-0.39, 0.29) is 17.1 Å². The second-order valence-corrected chi connectivity index (χ2v) is 4.28. The Bertz CT molecular complexity index is 605. The average molecular weight is 258 g/mol. The standard InChI is InChI=1S/C16H15FO2/c1-3-12-6-4-7-13(10-12)19-16-14(11(2)18)8-5-9-15(16)17/h4-10H,3H2,1-2H3. The quantitative estimate of drug-likeness (QED) is 0.760. The number of ketones is 1. The van der Waals surface area contributed by atoms with E-state index in [9.17, 15) is 9.18 Å².